The van der Waals surface area contributed by atoms with E-state index in [2.05, 4.69) is 62.5 Å². The van der Waals surface area contributed by atoms with Crippen molar-refractivity contribution in [2.75, 3.05) is 5.32 Å². The maximum atomic E-state index is 12.9. The molecule has 1 fully saturated rings. The van der Waals surface area contributed by atoms with Crippen LogP contribution in [0.1, 0.15) is 55.2 Å². The number of hydrogen-bond donors (Lipinski definition) is 1. The Morgan fingerprint density at radius 1 is 0.840 bits per heavy atom. The lowest BCUT2D eigenvalue weighted by Gasteiger charge is -2.13. The molecule has 1 aromatic rings. The van der Waals surface area contributed by atoms with E-state index in [9.17, 15) is 4.79 Å². The average molecular weight is 338 g/mol. The van der Waals surface area contributed by atoms with Gasteiger partial charge in [0.05, 0.1) is 0 Å². The van der Waals surface area contributed by atoms with Gasteiger partial charge in [-0.05, 0) is 82.3 Å². The molecule has 3 rings (SSSR count). The molecule has 0 aromatic heterocycles. The van der Waals surface area contributed by atoms with E-state index in [-0.39, 0.29) is 11.8 Å². The predicted octanol–water partition coefficient (Wildman–Crippen LogP) is 5.88. The fourth-order valence-corrected chi connectivity index (χ4v) is 4.45. The molecular formula is C23H31NO. The minimum atomic E-state index is 0.197. The Balaban J connectivity index is 1.68. The smallest absolute Gasteiger partial charge is 0.228 e. The Morgan fingerprint density at radius 2 is 1.32 bits per heavy atom. The van der Waals surface area contributed by atoms with Crippen LogP contribution in [0.2, 0.25) is 0 Å². The Morgan fingerprint density at radius 3 is 1.84 bits per heavy atom. The number of anilines is 1. The monoisotopic (exact) mass is 337 g/mol. The zero-order valence-electron chi connectivity index (χ0n) is 15.8. The van der Waals surface area contributed by atoms with Crippen LogP contribution >= 0.6 is 0 Å². The zero-order chi connectivity index (χ0) is 17.8. The van der Waals surface area contributed by atoms with Crippen LogP contribution in [0.4, 0.5) is 5.69 Å². The van der Waals surface area contributed by atoms with Gasteiger partial charge in [-0.25, -0.2) is 0 Å². The second-order valence-corrected chi connectivity index (χ2v) is 7.79. The van der Waals surface area contributed by atoms with Gasteiger partial charge >= 0.3 is 0 Å². The molecule has 25 heavy (non-hydrogen) atoms. The van der Waals surface area contributed by atoms with Crippen molar-refractivity contribution >= 4 is 11.6 Å². The van der Waals surface area contributed by atoms with E-state index >= 15 is 0 Å². The maximum absolute atomic E-state index is 12.9. The van der Waals surface area contributed by atoms with E-state index in [0.717, 1.165) is 55.3 Å². The molecule has 0 bridgehead atoms. The van der Waals surface area contributed by atoms with Crippen molar-refractivity contribution < 1.29 is 4.79 Å². The van der Waals surface area contributed by atoms with Crippen molar-refractivity contribution in [3.8, 4) is 0 Å². The van der Waals surface area contributed by atoms with Gasteiger partial charge in [0.25, 0.3) is 0 Å². The second-order valence-electron chi connectivity index (χ2n) is 7.79. The number of hydrogen-bond acceptors (Lipinski definition) is 1. The molecule has 1 aromatic carbocycles. The molecule has 2 aliphatic rings. The summed E-state index contributed by atoms with van der Waals surface area (Å²) in [6.07, 6.45) is 16.0. The van der Waals surface area contributed by atoms with Gasteiger partial charge in [0.15, 0.2) is 0 Å². The normalized spacial score (nSPS) is 28.8. The molecule has 0 heterocycles. The third kappa shape index (κ3) is 4.42. The summed E-state index contributed by atoms with van der Waals surface area (Å²) in [6, 6.07) is 4.30. The van der Waals surface area contributed by atoms with Gasteiger partial charge < -0.3 is 5.32 Å². The van der Waals surface area contributed by atoms with Crippen molar-refractivity contribution in [2.45, 2.75) is 59.3 Å². The highest BCUT2D eigenvalue weighted by molar-refractivity contribution is 5.96. The number of aryl methyl sites for hydroxylation is 3. The highest BCUT2D eigenvalue weighted by Gasteiger charge is 2.52. The molecule has 1 unspecified atom stereocenters. The quantitative estimate of drug-likeness (QED) is 0.671. The van der Waals surface area contributed by atoms with Crippen molar-refractivity contribution in [1.82, 2.24) is 0 Å². The van der Waals surface area contributed by atoms with Gasteiger partial charge in [-0.2, -0.15) is 0 Å². The van der Waals surface area contributed by atoms with Gasteiger partial charge in [0.1, 0.15) is 0 Å². The fraction of sp³-hybridized carbons (Fsp3) is 0.522. The van der Waals surface area contributed by atoms with Crippen LogP contribution in [0.3, 0.4) is 0 Å². The van der Waals surface area contributed by atoms with Gasteiger partial charge in [0.2, 0.25) is 5.91 Å². The van der Waals surface area contributed by atoms with Crippen molar-refractivity contribution in [2.24, 2.45) is 17.8 Å². The third-order valence-electron chi connectivity index (χ3n) is 5.73. The first-order valence-electron chi connectivity index (χ1n) is 9.76. The maximum Gasteiger partial charge on any atom is 0.228 e. The van der Waals surface area contributed by atoms with Crippen LogP contribution < -0.4 is 5.32 Å². The number of fused-ring (bicyclic) bond motifs is 1. The Hall–Kier alpha value is -1.83. The van der Waals surface area contributed by atoms with Crippen molar-refractivity contribution in [1.29, 1.82) is 0 Å². The van der Waals surface area contributed by atoms with Gasteiger partial charge in [-0.3, -0.25) is 4.79 Å². The molecule has 2 heteroatoms. The van der Waals surface area contributed by atoms with Crippen LogP contribution in [0.25, 0.3) is 0 Å². The standard InChI is InChI=1S/C23H31NO/c1-16-14-17(2)22(18(3)15-16)24-23(25)21-19-12-10-8-6-4-5-7-9-11-13-20(19)21/h6-9,14-15,19-21H,4-5,10-13H2,1-3H3,(H,24,25)/b8-6-,9-7-/t19-,20+,21?. The van der Waals surface area contributed by atoms with Crippen LogP contribution in [-0.2, 0) is 4.79 Å². The van der Waals surface area contributed by atoms with Crippen LogP contribution in [0, 0.1) is 38.5 Å². The summed E-state index contributed by atoms with van der Waals surface area (Å²) in [6.45, 7) is 6.28. The van der Waals surface area contributed by atoms with E-state index < -0.39 is 0 Å². The molecular weight excluding hydrogens is 306 g/mol. The van der Waals surface area contributed by atoms with Gasteiger partial charge in [0, 0.05) is 11.6 Å². The number of rotatable bonds is 2. The summed E-state index contributed by atoms with van der Waals surface area (Å²) in [5.41, 5.74) is 4.59. The lowest BCUT2D eigenvalue weighted by Crippen LogP contribution is -2.17. The second kappa shape index (κ2) is 8.03. The molecule has 2 nitrogen and oxygen atoms in total. The molecule has 1 N–H and O–H groups in total. The fourth-order valence-electron chi connectivity index (χ4n) is 4.45. The molecule has 1 saturated carbocycles. The highest BCUT2D eigenvalue weighted by Crippen LogP contribution is 2.52. The molecule has 134 valence electrons. The van der Waals surface area contributed by atoms with Crippen molar-refractivity contribution in [3.63, 3.8) is 0 Å². The Kier molecular flexibility index (Phi) is 5.78. The lowest BCUT2D eigenvalue weighted by atomic mass is 10.0. The van der Waals surface area contributed by atoms with Crippen LogP contribution in [-0.4, -0.2) is 5.91 Å². The summed E-state index contributed by atoms with van der Waals surface area (Å²) in [7, 11) is 0. The summed E-state index contributed by atoms with van der Waals surface area (Å²) in [4.78, 5) is 12.9. The molecule has 0 radical (unpaired) electrons. The first-order valence-corrected chi connectivity index (χ1v) is 9.76. The van der Waals surface area contributed by atoms with E-state index in [1.807, 2.05) is 0 Å². The SMILES string of the molecule is Cc1cc(C)c(NC(=O)C2[C@H]3CC/C=C\CC/C=C\CC[C@@H]23)c(C)c1. The average Bonchev–Trinajstić information content (AvgIpc) is 3.23. The van der Waals surface area contributed by atoms with Gasteiger partial charge in [-0.1, -0.05) is 42.0 Å². The first kappa shape index (κ1) is 18.0. The first-order chi connectivity index (χ1) is 12.1. The number of amides is 1. The Labute approximate surface area is 152 Å². The van der Waals surface area contributed by atoms with Crippen molar-refractivity contribution in [3.05, 3.63) is 53.1 Å². The van der Waals surface area contributed by atoms with Gasteiger partial charge in [-0.15, -0.1) is 0 Å². The van der Waals surface area contributed by atoms with Crippen LogP contribution in [0.5, 0.6) is 0 Å². The van der Waals surface area contributed by atoms with E-state index in [4.69, 9.17) is 0 Å². The van der Waals surface area contributed by atoms with Crippen LogP contribution in [0.15, 0.2) is 36.4 Å². The summed E-state index contributed by atoms with van der Waals surface area (Å²) in [5, 5.41) is 3.25. The summed E-state index contributed by atoms with van der Waals surface area (Å²) >= 11 is 0. The summed E-state index contributed by atoms with van der Waals surface area (Å²) in [5.74, 6) is 1.54. The number of benzene rings is 1. The lowest BCUT2D eigenvalue weighted by molar-refractivity contribution is -0.117. The van der Waals surface area contributed by atoms with E-state index in [0.29, 0.717) is 11.8 Å². The summed E-state index contributed by atoms with van der Waals surface area (Å²) < 4.78 is 0. The third-order valence-corrected chi connectivity index (χ3v) is 5.73. The zero-order valence-corrected chi connectivity index (χ0v) is 15.8. The Bertz CT molecular complexity index is 638. The molecule has 0 spiro atoms. The number of allylic oxidation sites excluding steroid dienone is 4. The predicted molar refractivity (Wildman–Crippen MR) is 106 cm³/mol. The molecule has 0 saturated heterocycles. The minimum Gasteiger partial charge on any atom is -0.325 e. The molecule has 0 aliphatic heterocycles. The van der Waals surface area contributed by atoms with E-state index in [1.165, 1.54) is 5.56 Å². The largest absolute Gasteiger partial charge is 0.325 e. The minimum absolute atomic E-state index is 0.197. The molecule has 1 amide bonds. The molecule has 3 atom stereocenters. The number of carbonyl (C=O) groups is 1. The van der Waals surface area contributed by atoms with E-state index in [1.54, 1.807) is 0 Å². The highest BCUT2D eigenvalue weighted by atomic mass is 16.2. The molecule has 2 aliphatic carbocycles. The number of nitrogens with one attached hydrogen (secondary N) is 1. The number of carbonyl (C=O) groups excluding carboxylic acids is 1. The topological polar surface area (TPSA) is 29.1 Å².